The number of rotatable bonds is 12. The number of carbonyl (C=O) groups excluding carboxylic acids is 5. The lowest BCUT2D eigenvalue weighted by atomic mass is 9.93. The second kappa shape index (κ2) is 13.1. The third kappa shape index (κ3) is 6.40. The van der Waals surface area contributed by atoms with Crippen LogP contribution in [0.3, 0.4) is 0 Å². The zero-order valence-electron chi connectivity index (χ0n) is 26.1. The largest absolute Gasteiger partial charge is 0.446 e. The Labute approximate surface area is 259 Å². The molecule has 0 spiro atoms. The highest BCUT2D eigenvalue weighted by atomic mass is 16.6. The predicted octanol–water partition coefficient (Wildman–Crippen LogP) is 3.08. The van der Waals surface area contributed by atoms with Gasteiger partial charge in [-0.2, -0.15) is 0 Å². The molecule has 1 aliphatic heterocycles. The molecule has 10 heteroatoms. The summed E-state index contributed by atoms with van der Waals surface area (Å²) in [6.45, 7) is 10.1. The van der Waals surface area contributed by atoms with Gasteiger partial charge in [-0.3, -0.25) is 19.2 Å². The lowest BCUT2D eigenvalue weighted by Crippen LogP contribution is -2.59. The van der Waals surface area contributed by atoms with E-state index in [1.807, 2.05) is 31.2 Å². The van der Waals surface area contributed by atoms with Crippen LogP contribution in [-0.4, -0.2) is 71.8 Å². The summed E-state index contributed by atoms with van der Waals surface area (Å²) < 4.78 is 5.70. The first-order chi connectivity index (χ1) is 21.1. The molecule has 3 aliphatic carbocycles. The molecule has 10 nitrogen and oxygen atoms in total. The molecule has 3 N–H and O–H groups in total. The van der Waals surface area contributed by atoms with Crippen LogP contribution in [0, 0.1) is 23.2 Å². The number of likely N-dealkylation sites (tertiary alicyclic amines) is 1. The molecule has 1 aromatic rings. The molecule has 1 aromatic carbocycles. The quantitative estimate of drug-likeness (QED) is 0.247. The van der Waals surface area contributed by atoms with E-state index in [0.717, 1.165) is 36.8 Å². The smallest absolute Gasteiger partial charge is 0.408 e. The standard InChI is InChI=1S/C34H46N4O6/c1-5-11-25(29(39)31(41)35-16-6-2)36-30(40)28-26-24(34(26,3)4)19-38(28)32(42)27(37-33(43)44-23-14-9-10-15-23)22-17-20-12-7-8-13-21(20)18-22/h6-8,12-13,22-28H,2,5,9-11,14-19H2,1,3-4H3,(H,35,41)(H,36,40)(H,37,43)/t24-,25?,26-,27-,28-/m0/s1. The lowest BCUT2D eigenvalue weighted by Gasteiger charge is -2.35. The van der Waals surface area contributed by atoms with Gasteiger partial charge in [-0.25, -0.2) is 4.79 Å². The van der Waals surface area contributed by atoms with E-state index in [0.29, 0.717) is 32.2 Å². The maximum absolute atomic E-state index is 14.5. The zero-order chi connectivity index (χ0) is 31.6. The average Bonchev–Trinajstić information content (AvgIpc) is 3.57. The van der Waals surface area contributed by atoms with E-state index in [9.17, 15) is 24.0 Å². The van der Waals surface area contributed by atoms with Crippen molar-refractivity contribution in [3.63, 3.8) is 0 Å². The summed E-state index contributed by atoms with van der Waals surface area (Å²) in [5, 5.41) is 8.24. The highest BCUT2D eigenvalue weighted by molar-refractivity contribution is 6.38. The Morgan fingerprint density at radius 1 is 1.07 bits per heavy atom. The summed E-state index contributed by atoms with van der Waals surface area (Å²) in [5.41, 5.74) is 2.14. The fourth-order valence-corrected chi connectivity index (χ4v) is 7.75. The van der Waals surface area contributed by atoms with Crippen LogP contribution in [0.25, 0.3) is 0 Å². The third-order valence-corrected chi connectivity index (χ3v) is 10.3. The second-order valence-corrected chi connectivity index (χ2v) is 13.5. The minimum atomic E-state index is -1.00. The van der Waals surface area contributed by atoms with Gasteiger partial charge < -0.3 is 25.6 Å². The third-order valence-electron chi connectivity index (χ3n) is 10.3. The molecule has 5 rings (SSSR count). The minimum Gasteiger partial charge on any atom is -0.446 e. The van der Waals surface area contributed by atoms with Crippen molar-refractivity contribution in [2.75, 3.05) is 13.1 Å². The molecule has 1 saturated heterocycles. The maximum atomic E-state index is 14.5. The highest BCUT2D eigenvalue weighted by Crippen LogP contribution is 2.65. The van der Waals surface area contributed by atoms with Crippen LogP contribution >= 0.6 is 0 Å². The lowest BCUT2D eigenvalue weighted by molar-refractivity contribution is -0.144. The Morgan fingerprint density at radius 2 is 1.73 bits per heavy atom. The van der Waals surface area contributed by atoms with Crippen molar-refractivity contribution < 1.29 is 28.7 Å². The number of nitrogens with zero attached hydrogens (tertiary/aromatic N) is 1. The van der Waals surface area contributed by atoms with Gasteiger partial charge >= 0.3 is 6.09 Å². The minimum absolute atomic E-state index is 0.0923. The van der Waals surface area contributed by atoms with Crippen molar-refractivity contribution in [3.05, 3.63) is 48.0 Å². The molecule has 3 fully saturated rings. The Bertz CT molecular complexity index is 1280. The second-order valence-electron chi connectivity index (χ2n) is 13.5. The first-order valence-corrected chi connectivity index (χ1v) is 16.1. The van der Waals surface area contributed by atoms with Gasteiger partial charge in [0.2, 0.25) is 17.6 Å². The number of carbonyl (C=O) groups is 5. The van der Waals surface area contributed by atoms with Gasteiger partial charge in [0.15, 0.2) is 0 Å². The van der Waals surface area contributed by atoms with Gasteiger partial charge in [0.1, 0.15) is 18.2 Å². The van der Waals surface area contributed by atoms with Crippen molar-refractivity contribution in [2.45, 2.75) is 96.4 Å². The number of hydrogen-bond acceptors (Lipinski definition) is 6. The van der Waals surface area contributed by atoms with Crippen LogP contribution in [0.15, 0.2) is 36.9 Å². The van der Waals surface area contributed by atoms with E-state index in [2.05, 4.69) is 36.4 Å². The SMILES string of the molecule is C=CCNC(=O)C(=O)C(CCC)NC(=O)[C@@H]1[C@@H]2[C@H](CN1C(=O)[C@@H](NC(=O)OC1CCCC1)C1Cc3ccccc3C1)C2(C)C. The number of amides is 4. The zero-order valence-corrected chi connectivity index (χ0v) is 26.1. The summed E-state index contributed by atoms with van der Waals surface area (Å²) in [6, 6.07) is 5.36. The topological polar surface area (TPSA) is 134 Å². The monoisotopic (exact) mass is 606 g/mol. The van der Waals surface area contributed by atoms with Gasteiger partial charge in [-0.05, 0) is 79.2 Å². The first kappa shape index (κ1) is 31.7. The molecule has 1 heterocycles. The average molecular weight is 607 g/mol. The van der Waals surface area contributed by atoms with Crippen LogP contribution in [0.2, 0.25) is 0 Å². The molecule has 5 atom stereocenters. The first-order valence-electron chi connectivity index (χ1n) is 16.1. The van der Waals surface area contributed by atoms with Gasteiger partial charge in [0.05, 0.1) is 6.04 Å². The Kier molecular flexibility index (Phi) is 9.46. The molecular formula is C34H46N4O6. The van der Waals surface area contributed by atoms with E-state index in [1.165, 1.54) is 6.08 Å². The molecule has 238 valence electrons. The highest BCUT2D eigenvalue weighted by Gasteiger charge is 2.69. The van der Waals surface area contributed by atoms with E-state index < -0.39 is 41.8 Å². The molecule has 44 heavy (non-hydrogen) atoms. The van der Waals surface area contributed by atoms with E-state index in [1.54, 1.807) is 4.90 Å². The Morgan fingerprint density at radius 3 is 2.34 bits per heavy atom. The Balaban J connectivity index is 1.36. The molecular weight excluding hydrogens is 560 g/mol. The van der Waals surface area contributed by atoms with E-state index in [-0.39, 0.29) is 41.7 Å². The van der Waals surface area contributed by atoms with Crippen molar-refractivity contribution in [2.24, 2.45) is 23.2 Å². The maximum Gasteiger partial charge on any atom is 0.408 e. The Hall–Kier alpha value is -3.69. The summed E-state index contributed by atoms with van der Waals surface area (Å²) in [4.78, 5) is 68.6. The molecule has 0 bridgehead atoms. The number of ether oxygens (including phenoxy) is 1. The van der Waals surface area contributed by atoms with Crippen molar-refractivity contribution in [3.8, 4) is 0 Å². The van der Waals surface area contributed by atoms with Crippen LogP contribution in [0.5, 0.6) is 0 Å². The van der Waals surface area contributed by atoms with Crippen molar-refractivity contribution in [1.82, 2.24) is 20.9 Å². The van der Waals surface area contributed by atoms with Crippen LogP contribution in [0.1, 0.15) is 70.4 Å². The number of benzene rings is 1. The van der Waals surface area contributed by atoms with Crippen LogP contribution in [-0.2, 0) is 36.8 Å². The molecule has 4 aliphatic rings. The number of piperidine rings is 1. The molecule has 4 amide bonds. The summed E-state index contributed by atoms with van der Waals surface area (Å²) >= 11 is 0. The molecule has 2 saturated carbocycles. The predicted molar refractivity (Wildman–Crippen MR) is 164 cm³/mol. The van der Waals surface area contributed by atoms with Gasteiger partial charge in [-0.15, -0.1) is 6.58 Å². The fraction of sp³-hybridized carbons (Fsp3) is 0.618. The number of alkyl carbamates (subject to hydrolysis) is 1. The van der Waals surface area contributed by atoms with Gasteiger partial charge in [-0.1, -0.05) is 57.5 Å². The van der Waals surface area contributed by atoms with Crippen LogP contribution < -0.4 is 16.0 Å². The summed E-state index contributed by atoms with van der Waals surface area (Å²) in [5.74, 6) is -2.41. The fourth-order valence-electron chi connectivity index (χ4n) is 7.75. The van der Waals surface area contributed by atoms with Gasteiger partial charge in [0, 0.05) is 13.1 Å². The number of ketones is 1. The van der Waals surface area contributed by atoms with E-state index >= 15 is 0 Å². The normalized spacial score (nSPS) is 24.9. The van der Waals surface area contributed by atoms with Gasteiger partial charge in [0.25, 0.3) is 5.91 Å². The number of hydrogen-bond donors (Lipinski definition) is 3. The van der Waals surface area contributed by atoms with Crippen molar-refractivity contribution in [1.29, 1.82) is 0 Å². The number of Topliss-reactive ketones (excluding diaryl/α,β-unsaturated/α-hetero) is 1. The number of fused-ring (bicyclic) bond motifs is 2. The van der Waals surface area contributed by atoms with Crippen molar-refractivity contribution >= 4 is 29.6 Å². The number of nitrogens with one attached hydrogen (secondary N) is 3. The summed E-state index contributed by atoms with van der Waals surface area (Å²) in [6.07, 6.45) is 6.52. The molecule has 0 radical (unpaired) electrons. The van der Waals surface area contributed by atoms with Crippen LogP contribution in [0.4, 0.5) is 4.79 Å². The summed E-state index contributed by atoms with van der Waals surface area (Å²) in [7, 11) is 0. The molecule has 1 unspecified atom stereocenters. The molecule has 0 aromatic heterocycles. The van der Waals surface area contributed by atoms with E-state index in [4.69, 9.17) is 4.74 Å².